The van der Waals surface area contributed by atoms with E-state index in [-0.39, 0.29) is 5.56 Å². The van der Waals surface area contributed by atoms with Crippen molar-refractivity contribution in [2.45, 2.75) is 19.9 Å². The van der Waals surface area contributed by atoms with Crippen molar-refractivity contribution in [1.82, 2.24) is 0 Å². The monoisotopic (exact) mass is 236 g/mol. The first kappa shape index (κ1) is 13.0. The predicted molar refractivity (Wildman–Crippen MR) is 60.8 cm³/mol. The van der Waals surface area contributed by atoms with Gasteiger partial charge in [0.05, 0.1) is 12.2 Å². The summed E-state index contributed by atoms with van der Waals surface area (Å²) in [7, 11) is 0. The molecule has 5 heteroatoms. The van der Waals surface area contributed by atoms with Crippen LogP contribution in [0, 0.1) is 17.1 Å². The van der Waals surface area contributed by atoms with Crippen molar-refractivity contribution in [2.24, 2.45) is 0 Å². The first-order valence-electron chi connectivity index (χ1n) is 5.21. The lowest BCUT2D eigenvalue weighted by atomic mass is 10.2. The van der Waals surface area contributed by atoms with Gasteiger partial charge in [-0.1, -0.05) is 0 Å². The number of nitriles is 1. The Kier molecular flexibility index (Phi) is 4.46. The van der Waals surface area contributed by atoms with E-state index in [2.05, 4.69) is 5.32 Å². The average Bonchev–Trinajstić information content (AvgIpc) is 2.29. The summed E-state index contributed by atoms with van der Waals surface area (Å²) in [4.78, 5) is 11.3. The molecule has 0 heterocycles. The van der Waals surface area contributed by atoms with Crippen molar-refractivity contribution in [3.05, 3.63) is 29.6 Å². The normalized spacial score (nSPS) is 11.4. The quantitative estimate of drug-likeness (QED) is 0.813. The lowest BCUT2D eigenvalue weighted by Gasteiger charge is -2.13. The third-order valence-corrected chi connectivity index (χ3v) is 2.11. The maximum Gasteiger partial charge on any atom is 0.328 e. The molecule has 0 fully saturated rings. The minimum Gasteiger partial charge on any atom is -0.464 e. The summed E-state index contributed by atoms with van der Waals surface area (Å²) in [5.41, 5.74) is 0.404. The Morgan fingerprint density at radius 1 is 1.65 bits per heavy atom. The third-order valence-electron chi connectivity index (χ3n) is 2.11. The number of carbonyl (C=O) groups excluding carboxylic acids is 1. The fraction of sp³-hybridized carbons (Fsp3) is 0.333. The second-order valence-corrected chi connectivity index (χ2v) is 3.42. The number of ether oxygens (including phenoxy) is 1. The first-order valence-corrected chi connectivity index (χ1v) is 5.21. The van der Waals surface area contributed by atoms with Crippen molar-refractivity contribution in [3.8, 4) is 6.07 Å². The number of nitrogens with one attached hydrogen (secondary N) is 1. The number of hydrogen-bond donors (Lipinski definition) is 1. The topological polar surface area (TPSA) is 62.1 Å². The molecule has 1 atom stereocenters. The summed E-state index contributed by atoms with van der Waals surface area (Å²) in [5.74, 6) is -1.02. The van der Waals surface area contributed by atoms with Crippen molar-refractivity contribution in [3.63, 3.8) is 0 Å². The van der Waals surface area contributed by atoms with E-state index < -0.39 is 17.8 Å². The molecule has 1 N–H and O–H groups in total. The molecule has 0 bridgehead atoms. The zero-order valence-electron chi connectivity index (χ0n) is 9.66. The van der Waals surface area contributed by atoms with E-state index in [1.54, 1.807) is 19.9 Å². The molecular formula is C12H13FN2O2. The lowest BCUT2D eigenvalue weighted by Crippen LogP contribution is -2.28. The van der Waals surface area contributed by atoms with Gasteiger partial charge in [-0.15, -0.1) is 0 Å². The van der Waals surface area contributed by atoms with E-state index in [4.69, 9.17) is 10.00 Å². The molecule has 0 saturated carbocycles. The molecular weight excluding hydrogens is 223 g/mol. The van der Waals surface area contributed by atoms with Crippen LogP contribution in [0.1, 0.15) is 19.4 Å². The van der Waals surface area contributed by atoms with Crippen LogP contribution in [0.2, 0.25) is 0 Å². The summed E-state index contributed by atoms with van der Waals surface area (Å²) in [5, 5.41) is 11.4. The highest BCUT2D eigenvalue weighted by Crippen LogP contribution is 2.14. The van der Waals surface area contributed by atoms with Crippen molar-refractivity contribution < 1.29 is 13.9 Å². The maximum atomic E-state index is 13.3. The van der Waals surface area contributed by atoms with Crippen molar-refractivity contribution in [2.75, 3.05) is 11.9 Å². The molecule has 0 saturated heterocycles. The van der Waals surface area contributed by atoms with Gasteiger partial charge in [-0.05, 0) is 32.0 Å². The minimum atomic E-state index is -0.617. The number of rotatable bonds is 4. The van der Waals surface area contributed by atoms with Gasteiger partial charge in [-0.3, -0.25) is 0 Å². The van der Waals surface area contributed by atoms with Crippen LogP contribution in [-0.2, 0) is 9.53 Å². The predicted octanol–water partition coefficient (Wildman–Crippen LogP) is 2.06. The van der Waals surface area contributed by atoms with Crippen LogP contribution in [0.4, 0.5) is 10.1 Å². The van der Waals surface area contributed by atoms with Gasteiger partial charge in [0.2, 0.25) is 0 Å². The van der Waals surface area contributed by atoms with Crippen LogP contribution in [0.5, 0.6) is 0 Å². The SMILES string of the molecule is CCOC(=O)C(C)Nc1ccc(C#N)c(F)c1. The molecule has 90 valence electrons. The Bertz CT molecular complexity index is 454. The van der Waals surface area contributed by atoms with Gasteiger partial charge in [0.1, 0.15) is 17.9 Å². The van der Waals surface area contributed by atoms with Gasteiger partial charge in [0.15, 0.2) is 0 Å². The van der Waals surface area contributed by atoms with Gasteiger partial charge >= 0.3 is 5.97 Å². The molecule has 1 aromatic carbocycles. The Labute approximate surface area is 99.0 Å². The zero-order valence-corrected chi connectivity index (χ0v) is 9.66. The Morgan fingerprint density at radius 2 is 2.35 bits per heavy atom. The van der Waals surface area contributed by atoms with Crippen LogP contribution in [0.3, 0.4) is 0 Å². The number of nitrogens with zero attached hydrogens (tertiary/aromatic N) is 1. The average molecular weight is 236 g/mol. The third kappa shape index (κ3) is 3.45. The van der Waals surface area contributed by atoms with E-state index in [0.29, 0.717) is 12.3 Å². The molecule has 0 aliphatic heterocycles. The Hall–Kier alpha value is -2.09. The van der Waals surface area contributed by atoms with E-state index >= 15 is 0 Å². The smallest absolute Gasteiger partial charge is 0.328 e. The van der Waals surface area contributed by atoms with Crippen LogP contribution >= 0.6 is 0 Å². The largest absolute Gasteiger partial charge is 0.464 e. The molecule has 0 aliphatic rings. The zero-order chi connectivity index (χ0) is 12.8. The standard InChI is InChI=1S/C12H13FN2O2/c1-3-17-12(16)8(2)15-10-5-4-9(7-14)11(13)6-10/h4-6,8,15H,3H2,1-2H3. The molecule has 1 unspecified atom stereocenters. The molecule has 0 radical (unpaired) electrons. The molecule has 1 aromatic rings. The van der Waals surface area contributed by atoms with Gasteiger partial charge in [-0.2, -0.15) is 5.26 Å². The van der Waals surface area contributed by atoms with Crippen molar-refractivity contribution in [1.29, 1.82) is 5.26 Å². The number of anilines is 1. The molecule has 4 nitrogen and oxygen atoms in total. The van der Waals surface area contributed by atoms with Crippen LogP contribution in [0.15, 0.2) is 18.2 Å². The molecule has 1 rings (SSSR count). The van der Waals surface area contributed by atoms with Gasteiger partial charge in [-0.25, -0.2) is 9.18 Å². The second kappa shape index (κ2) is 5.85. The lowest BCUT2D eigenvalue weighted by molar-refractivity contribution is -0.143. The van der Waals surface area contributed by atoms with E-state index in [9.17, 15) is 9.18 Å². The van der Waals surface area contributed by atoms with Crippen LogP contribution < -0.4 is 5.32 Å². The number of halogens is 1. The van der Waals surface area contributed by atoms with Gasteiger partial charge < -0.3 is 10.1 Å². The Morgan fingerprint density at radius 3 is 2.88 bits per heavy atom. The number of esters is 1. The van der Waals surface area contributed by atoms with E-state index in [1.165, 1.54) is 18.2 Å². The molecule has 0 aliphatic carbocycles. The number of benzene rings is 1. The maximum absolute atomic E-state index is 13.3. The first-order chi connectivity index (χ1) is 8.08. The molecule has 0 spiro atoms. The summed E-state index contributed by atoms with van der Waals surface area (Å²) in [6.45, 7) is 3.63. The Balaban J connectivity index is 2.73. The highest BCUT2D eigenvalue weighted by Gasteiger charge is 2.14. The minimum absolute atomic E-state index is 0.0284. The van der Waals surface area contributed by atoms with E-state index in [1.807, 2.05) is 0 Å². The second-order valence-electron chi connectivity index (χ2n) is 3.42. The summed E-state index contributed by atoms with van der Waals surface area (Å²) >= 11 is 0. The van der Waals surface area contributed by atoms with Crippen molar-refractivity contribution >= 4 is 11.7 Å². The van der Waals surface area contributed by atoms with E-state index in [0.717, 1.165) is 0 Å². The fourth-order valence-corrected chi connectivity index (χ4v) is 1.27. The van der Waals surface area contributed by atoms with Gasteiger partial charge in [0.25, 0.3) is 0 Å². The molecule has 0 aromatic heterocycles. The van der Waals surface area contributed by atoms with Gasteiger partial charge in [0, 0.05) is 5.69 Å². The molecule has 0 amide bonds. The van der Waals surface area contributed by atoms with Crippen LogP contribution in [0.25, 0.3) is 0 Å². The highest BCUT2D eigenvalue weighted by molar-refractivity contribution is 5.78. The summed E-state index contributed by atoms with van der Waals surface area (Å²) < 4.78 is 18.1. The summed E-state index contributed by atoms with van der Waals surface area (Å²) in [6, 6.07) is 5.23. The number of carbonyl (C=O) groups is 1. The fourth-order valence-electron chi connectivity index (χ4n) is 1.27. The summed E-state index contributed by atoms with van der Waals surface area (Å²) in [6.07, 6.45) is 0. The number of hydrogen-bond acceptors (Lipinski definition) is 4. The highest BCUT2D eigenvalue weighted by atomic mass is 19.1. The van der Waals surface area contributed by atoms with Crippen LogP contribution in [-0.4, -0.2) is 18.6 Å². The molecule has 17 heavy (non-hydrogen) atoms.